The fourth-order valence-electron chi connectivity index (χ4n) is 4.33. The molecule has 0 saturated carbocycles. The second kappa shape index (κ2) is 16.6. The Morgan fingerprint density at radius 3 is 1.84 bits per heavy atom. The maximum Gasteiger partial charge on any atom is 0.453 e. The molecule has 10 heteroatoms. The molecule has 0 fully saturated rings. The van der Waals surface area contributed by atoms with Gasteiger partial charge in [-0.2, -0.15) is 22.0 Å². The monoisotopic (exact) mass is 634 g/mol. The first kappa shape index (κ1) is 39.4. The lowest BCUT2D eigenvalue weighted by Gasteiger charge is -2.45. The fraction of sp³-hybridized carbons (Fsp3) is 0.706. The van der Waals surface area contributed by atoms with Gasteiger partial charge < -0.3 is 14.2 Å². The zero-order chi connectivity index (χ0) is 33.8. The van der Waals surface area contributed by atoms with Gasteiger partial charge in [0.2, 0.25) is 0 Å². The summed E-state index contributed by atoms with van der Waals surface area (Å²) in [6, 6.07) is 6.89. The Balaban J connectivity index is 2.33. The van der Waals surface area contributed by atoms with Crippen molar-refractivity contribution in [3.63, 3.8) is 0 Å². The van der Waals surface area contributed by atoms with Crippen LogP contribution in [0.3, 0.4) is 0 Å². The van der Waals surface area contributed by atoms with Crippen LogP contribution in [0.1, 0.15) is 106 Å². The van der Waals surface area contributed by atoms with E-state index in [2.05, 4.69) is 53.2 Å². The molecule has 5 nitrogen and oxygen atoms in total. The van der Waals surface area contributed by atoms with Crippen LogP contribution in [0.4, 0.5) is 22.0 Å². The minimum atomic E-state index is -5.62. The largest absolute Gasteiger partial charge is 0.494 e. The number of unbranched alkanes of at least 4 members (excludes halogenated alkanes) is 3. The van der Waals surface area contributed by atoms with Gasteiger partial charge in [0.05, 0.1) is 25.2 Å². The third-order valence-electron chi connectivity index (χ3n) is 8.60. The molecule has 1 unspecified atom stereocenters. The summed E-state index contributed by atoms with van der Waals surface area (Å²) in [6.45, 7) is 17.5. The van der Waals surface area contributed by atoms with Crippen LogP contribution in [-0.4, -0.2) is 43.9 Å². The Morgan fingerprint density at radius 2 is 1.32 bits per heavy atom. The molecule has 1 aromatic rings. The van der Waals surface area contributed by atoms with Gasteiger partial charge in [-0.05, 0) is 86.0 Å². The third-order valence-corrected chi connectivity index (χ3v) is 8.60. The van der Waals surface area contributed by atoms with Gasteiger partial charge in [-0.15, -0.1) is 0 Å². The maximum absolute atomic E-state index is 13.2. The standard InChI is InChI=1S/C34H51F5O5/c1-25(2)31(6,7)24-32(8,30(3,4)5)29(41)44-22-12-10-9-11-21-42-27-17-14-26(15-18-27)16-19-28(40)43-23-13-20-33(35,36)34(37,38)39/h14-19,25H,9-13,20-24H2,1-8H3/b19-16+. The third kappa shape index (κ3) is 12.8. The second-order valence-electron chi connectivity index (χ2n) is 13.7. The van der Waals surface area contributed by atoms with E-state index in [0.29, 0.717) is 30.4 Å². The molecule has 0 amide bonds. The van der Waals surface area contributed by atoms with Gasteiger partial charge >= 0.3 is 24.0 Å². The molecule has 0 heterocycles. The van der Waals surface area contributed by atoms with E-state index in [1.165, 1.54) is 6.08 Å². The molecule has 0 aliphatic heterocycles. The summed E-state index contributed by atoms with van der Waals surface area (Å²) in [4.78, 5) is 24.9. The topological polar surface area (TPSA) is 61.8 Å². The molecule has 0 saturated heterocycles. The molecule has 0 radical (unpaired) electrons. The highest BCUT2D eigenvalue weighted by Gasteiger charge is 2.56. The Hall–Kier alpha value is -2.65. The molecule has 44 heavy (non-hydrogen) atoms. The van der Waals surface area contributed by atoms with E-state index < -0.39 is 42.9 Å². The molecule has 1 atom stereocenters. The summed E-state index contributed by atoms with van der Waals surface area (Å²) in [5.41, 5.74) is -0.161. The van der Waals surface area contributed by atoms with Crippen molar-refractivity contribution in [3.05, 3.63) is 35.9 Å². The van der Waals surface area contributed by atoms with E-state index in [0.717, 1.165) is 38.2 Å². The predicted octanol–water partition coefficient (Wildman–Crippen LogP) is 9.83. The smallest absolute Gasteiger partial charge is 0.453 e. The van der Waals surface area contributed by atoms with Gasteiger partial charge in [-0.1, -0.05) is 60.6 Å². The van der Waals surface area contributed by atoms with Gasteiger partial charge in [0.1, 0.15) is 5.75 Å². The number of hydrogen-bond donors (Lipinski definition) is 0. The van der Waals surface area contributed by atoms with Crippen molar-refractivity contribution in [1.29, 1.82) is 0 Å². The number of ether oxygens (including phenoxy) is 3. The highest BCUT2D eigenvalue weighted by atomic mass is 19.4. The number of halogens is 5. The first-order valence-electron chi connectivity index (χ1n) is 15.3. The molecular formula is C34H51F5O5. The molecule has 1 aromatic carbocycles. The first-order chi connectivity index (χ1) is 20.1. The highest BCUT2D eigenvalue weighted by molar-refractivity contribution is 5.87. The number of alkyl halides is 5. The molecule has 0 spiro atoms. The highest BCUT2D eigenvalue weighted by Crippen LogP contribution is 2.49. The molecule has 0 aromatic heterocycles. The van der Waals surface area contributed by atoms with Crippen LogP contribution in [-0.2, 0) is 19.1 Å². The van der Waals surface area contributed by atoms with Crippen molar-refractivity contribution in [3.8, 4) is 5.75 Å². The Bertz CT molecular complexity index is 1060. The normalized spacial score (nSPS) is 14.5. The van der Waals surface area contributed by atoms with E-state index in [9.17, 15) is 31.5 Å². The minimum absolute atomic E-state index is 0.00526. The van der Waals surface area contributed by atoms with Crippen molar-refractivity contribution >= 4 is 18.0 Å². The van der Waals surface area contributed by atoms with Crippen molar-refractivity contribution in [2.75, 3.05) is 19.8 Å². The van der Waals surface area contributed by atoms with Crippen molar-refractivity contribution in [1.82, 2.24) is 0 Å². The molecule has 0 aliphatic carbocycles. The van der Waals surface area contributed by atoms with Crippen LogP contribution in [0.15, 0.2) is 30.3 Å². The van der Waals surface area contributed by atoms with E-state index >= 15 is 0 Å². The Morgan fingerprint density at radius 1 is 0.773 bits per heavy atom. The van der Waals surface area contributed by atoms with Gasteiger partial charge in [0, 0.05) is 12.5 Å². The van der Waals surface area contributed by atoms with E-state index in [1.54, 1.807) is 24.3 Å². The number of hydrogen-bond acceptors (Lipinski definition) is 5. The van der Waals surface area contributed by atoms with Gasteiger partial charge in [-0.25, -0.2) is 4.79 Å². The molecular weight excluding hydrogens is 583 g/mol. The summed E-state index contributed by atoms with van der Waals surface area (Å²) >= 11 is 0. The quantitative estimate of drug-likeness (QED) is 0.0696. The fourth-order valence-corrected chi connectivity index (χ4v) is 4.33. The second-order valence-corrected chi connectivity index (χ2v) is 13.7. The molecule has 1 rings (SSSR count). The lowest BCUT2D eigenvalue weighted by molar-refractivity contribution is -0.284. The van der Waals surface area contributed by atoms with Crippen molar-refractivity contribution in [2.24, 2.45) is 22.2 Å². The number of carbonyl (C=O) groups excluding carboxylic acids is 2. The Labute approximate surface area is 259 Å². The number of rotatable bonds is 18. The van der Waals surface area contributed by atoms with Crippen LogP contribution in [0, 0.1) is 22.2 Å². The molecule has 252 valence electrons. The number of esters is 2. The molecule has 0 N–H and O–H groups in total. The van der Waals surface area contributed by atoms with E-state index in [4.69, 9.17) is 9.47 Å². The summed E-state index contributed by atoms with van der Waals surface area (Å²) < 4.78 is 78.3. The summed E-state index contributed by atoms with van der Waals surface area (Å²) in [5.74, 6) is -4.70. The SMILES string of the molecule is CC(C)C(C)(C)CC(C)(C(=O)OCCCCCCOc1ccc(/C=C/C(=O)OCCCC(F)(F)C(F)(F)F)cc1)C(C)(C)C. The van der Waals surface area contributed by atoms with Crippen molar-refractivity contribution in [2.45, 2.75) is 112 Å². The molecule has 0 aliphatic rings. The van der Waals surface area contributed by atoms with Crippen LogP contribution < -0.4 is 4.74 Å². The van der Waals surface area contributed by atoms with Crippen LogP contribution in [0.2, 0.25) is 0 Å². The van der Waals surface area contributed by atoms with Crippen molar-refractivity contribution < 1.29 is 45.8 Å². The maximum atomic E-state index is 13.2. The zero-order valence-electron chi connectivity index (χ0n) is 27.5. The minimum Gasteiger partial charge on any atom is -0.494 e. The van der Waals surface area contributed by atoms with Crippen LogP contribution >= 0.6 is 0 Å². The average Bonchev–Trinajstić information content (AvgIpc) is 2.90. The average molecular weight is 635 g/mol. The van der Waals surface area contributed by atoms with Gasteiger partial charge in [-0.3, -0.25) is 4.79 Å². The summed E-state index contributed by atoms with van der Waals surface area (Å²) in [7, 11) is 0. The first-order valence-corrected chi connectivity index (χ1v) is 15.3. The van der Waals surface area contributed by atoms with Gasteiger partial charge in [0.15, 0.2) is 0 Å². The lowest BCUT2D eigenvalue weighted by Crippen LogP contribution is -2.45. The number of benzene rings is 1. The van der Waals surface area contributed by atoms with E-state index in [1.807, 2.05) is 6.92 Å². The predicted molar refractivity (Wildman–Crippen MR) is 162 cm³/mol. The van der Waals surface area contributed by atoms with Crippen LogP contribution in [0.25, 0.3) is 6.08 Å². The summed E-state index contributed by atoms with van der Waals surface area (Å²) in [6.07, 6.45) is -0.964. The van der Waals surface area contributed by atoms with Crippen LogP contribution in [0.5, 0.6) is 5.75 Å². The zero-order valence-corrected chi connectivity index (χ0v) is 27.5. The summed E-state index contributed by atoms with van der Waals surface area (Å²) in [5, 5.41) is 0. The molecule has 0 bridgehead atoms. The Kier molecular flexibility index (Phi) is 14.9. The van der Waals surface area contributed by atoms with Gasteiger partial charge in [0.25, 0.3) is 0 Å². The van der Waals surface area contributed by atoms with E-state index in [-0.39, 0.29) is 16.8 Å². The lowest BCUT2D eigenvalue weighted by atomic mass is 9.59. The number of carbonyl (C=O) groups is 2.